The Balaban J connectivity index is 2.05. The van der Waals surface area contributed by atoms with Gasteiger partial charge in [-0.15, -0.1) is 0 Å². The van der Waals surface area contributed by atoms with Crippen LogP contribution in [0.15, 0.2) is 41.8 Å². The van der Waals surface area contributed by atoms with Gasteiger partial charge in [-0.3, -0.25) is 4.98 Å². The Hall–Kier alpha value is -1.34. The fraction of sp³-hybridized carbons (Fsp3) is 0. The summed E-state index contributed by atoms with van der Waals surface area (Å²) in [6, 6.07) is 7.38. The number of halogens is 2. The van der Waals surface area contributed by atoms with E-state index in [1.54, 1.807) is 18.6 Å². The molecule has 1 aromatic carbocycles. The molecular weight excluding hydrogens is 540 g/mol. The number of pyridine rings is 1. The summed E-state index contributed by atoms with van der Waals surface area (Å²) in [4.78, 5) is 3.99. The number of aromatic amines is 1. The quantitative estimate of drug-likeness (QED) is 0.296. The van der Waals surface area contributed by atoms with Gasteiger partial charge in [-0.25, -0.2) is 5.10 Å². The third kappa shape index (κ3) is 3.61. The Morgan fingerprint density at radius 1 is 1.26 bits per heavy atom. The zero-order valence-electron chi connectivity index (χ0n) is 11.4. The van der Waals surface area contributed by atoms with Gasteiger partial charge in [0.15, 0.2) is 5.82 Å². The third-order valence-electron chi connectivity index (χ3n) is 2.96. The predicted molar refractivity (Wildman–Crippen MR) is 107 cm³/mol. The van der Waals surface area contributed by atoms with E-state index in [0.29, 0.717) is 16.2 Å². The van der Waals surface area contributed by atoms with Crippen LogP contribution in [0.2, 0.25) is 0 Å². The van der Waals surface area contributed by atoms with E-state index in [-0.39, 0.29) is 5.75 Å². The zero-order chi connectivity index (χ0) is 16.4. The van der Waals surface area contributed by atoms with Crippen LogP contribution in [0.5, 0.6) is 5.75 Å². The molecule has 0 atom stereocenters. The van der Waals surface area contributed by atoms with Crippen LogP contribution >= 0.6 is 57.4 Å². The maximum absolute atomic E-state index is 10.1. The number of benzene rings is 1. The van der Waals surface area contributed by atoms with E-state index in [9.17, 15) is 5.11 Å². The number of hydrogen-bond donors (Lipinski definition) is 2. The lowest BCUT2D eigenvalue weighted by atomic mass is 10.2. The maximum Gasteiger partial charge on any atom is 0.216 e. The van der Waals surface area contributed by atoms with Crippen molar-refractivity contribution in [2.75, 3.05) is 0 Å². The van der Waals surface area contributed by atoms with E-state index in [1.807, 2.05) is 24.3 Å². The number of hydrogen-bond acceptors (Lipinski definition) is 5. The van der Waals surface area contributed by atoms with Crippen molar-refractivity contribution >= 4 is 63.6 Å². The van der Waals surface area contributed by atoms with Crippen molar-refractivity contribution in [1.29, 1.82) is 0 Å². The minimum atomic E-state index is 0.190. The molecule has 0 aliphatic heterocycles. The van der Waals surface area contributed by atoms with Crippen molar-refractivity contribution in [3.05, 3.63) is 54.1 Å². The number of aromatic nitrogens is 4. The van der Waals surface area contributed by atoms with E-state index in [4.69, 9.17) is 12.2 Å². The number of rotatable bonds is 3. The average molecular weight is 549 g/mol. The molecule has 2 aromatic heterocycles. The van der Waals surface area contributed by atoms with Gasteiger partial charge < -0.3 is 5.11 Å². The molecule has 0 amide bonds. The summed E-state index contributed by atoms with van der Waals surface area (Å²) >= 11 is 9.50. The molecule has 0 radical (unpaired) electrons. The minimum absolute atomic E-state index is 0.190. The van der Waals surface area contributed by atoms with Gasteiger partial charge in [0, 0.05) is 27.1 Å². The summed E-state index contributed by atoms with van der Waals surface area (Å²) < 4.78 is 3.65. The molecular formula is C14H9I2N5OS. The second-order valence-electron chi connectivity index (χ2n) is 4.47. The van der Waals surface area contributed by atoms with E-state index < -0.39 is 0 Å². The topological polar surface area (TPSA) is 79.1 Å². The number of nitrogens with zero attached hydrogens (tertiary/aromatic N) is 4. The molecule has 0 bridgehead atoms. The molecule has 0 aliphatic carbocycles. The van der Waals surface area contributed by atoms with Gasteiger partial charge in [0.05, 0.1) is 9.78 Å². The van der Waals surface area contributed by atoms with Gasteiger partial charge in [0.2, 0.25) is 4.77 Å². The normalized spacial score (nSPS) is 11.2. The molecule has 3 rings (SSSR count). The molecule has 9 heteroatoms. The molecule has 0 saturated carbocycles. The lowest BCUT2D eigenvalue weighted by Crippen LogP contribution is -1.96. The molecule has 116 valence electrons. The number of aromatic hydroxyl groups is 1. The number of H-pyrrole nitrogens is 1. The molecule has 2 N–H and O–H groups in total. The van der Waals surface area contributed by atoms with Gasteiger partial charge in [0.1, 0.15) is 5.75 Å². The van der Waals surface area contributed by atoms with Crippen molar-refractivity contribution < 1.29 is 5.11 Å². The minimum Gasteiger partial charge on any atom is -0.506 e. The fourth-order valence-electron chi connectivity index (χ4n) is 1.89. The molecule has 0 aliphatic rings. The summed E-state index contributed by atoms with van der Waals surface area (Å²) in [5, 5.41) is 21.4. The fourth-order valence-corrected chi connectivity index (χ4v) is 3.96. The van der Waals surface area contributed by atoms with Crippen molar-refractivity contribution in [2.45, 2.75) is 0 Å². The standard InChI is InChI=1S/C14H9I2N5OS/c15-10-5-9(12(22)11(16)6-10)7-18-21-13(19-20-14(21)23)8-1-3-17-4-2-8/h1-7,22H,(H,20,23)/b18-7-. The Kier molecular flexibility index (Phi) is 5.06. The molecule has 2 heterocycles. The summed E-state index contributed by atoms with van der Waals surface area (Å²) in [7, 11) is 0. The van der Waals surface area contributed by atoms with Crippen LogP contribution in [0.25, 0.3) is 11.4 Å². The Morgan fingerprint density at radius 2 is 2.00 bits per heavy atom. The van der Waals surface area contributed by atoms with Crippen LogP contribution in [0.3, 0.4) is 0 Å². The van der Waals surface area contributed by atoms with Crippen LogP contribution in [0.4, 0.5) is 0 Å². The average Bonchev–Trinajstić information content (AvgIpc) is 2.91. The van der Waals surface area contributed by atoms with Gasteiger partial charge >= 0.3 is 0 Å². The van der Waals surface area contributed by atoms with Crippen LogP contribution in [-0.4, -0.2) is 31.2 Å². The van der Waals surface area contributed by atoms with E-state index in [1.165, 1.54) is 4.68 Å². The van der Waals surface area contributed by atoms with E-state index >= 15 is 0 Å². The molecule has 6 nitrogen and oxygen atoms in total. The lowest BCUT2D eigenvalue weighted by Gasteiger charge is -2.04. The lowest BCUT2D eigenvalue weighted by molar-refractivity contribution is 0.470. The molecule has 3 aromatic rings. The van der Waals surface area contributed by atoms with Crippen LogP contribution in [0, 0.1) is 11.9 Å². The zero-order valence-corrected chi connectivity index (χ0v) is 16.6. The second-order valence-corrected chi connectivity index (χ2v) is 7.26. The van der Waals surface area contributed by atoms with Crippen LogP contribution in [0.1, 0.15) is 5.56 Å². The smallest absolute Gasteiger partial charge is 0.216 e. The van der Waals surface area contributed by atoms with Gasteiger partial charge in [0.25, 0.3) is 0 Å². The Bertz CT molecular complexity index is 936. The highest BCUT2D eigenvalue weighted by Crippen LogP contribution is 2.26. The molecule has 0 saturated heterocycles. The summed E-state index contributed by atoms with van der Waals surface area (Å²) in [6.45, 7) is 0. The third-order valence-corrected chi connectivity index (χ3v) is 4.67. The van der Waals surface area contributed by atoms with Crippen LogP contribution in [-0.2, 0) is 0 Å². The highest BCUT2D eigenvalue weighted by Gasteiger charge is 2.09. The highest BCUT2D eigenvalue weighted by atomic mass is 127. The second kappa shape index (κ2) is 7.05. The highest BCUT2D eigenvalue weighted by molar-refractivity contribution is 14.1. The van der Waals surface area contributed by atoms with E-state index in [2.05, 4.69) is 65.5 Å². The summed E-state index contributed by atoms with van der Waals surface area (Å²) in [5.41, 5.74) is 1.45. The molecule has 0 unspecified atom stereocenters. The molecule has 23 heavy (non-hydrogen) atoms. The van der Waals surface area contributed by atoms with Crippen molar-refractivity contribution in [3.8, 4) is 17.1 Å². The number of nitrogens with one attached hydrogen (secondary N) is 1. The van der Waals surface area contributed by atoms with Gasteiger partial charge in [-0.05, 0) is 81.7 Å². The summed E-state index contributed by atoms with van der Waals surface area (Å²) in [6.07, 6.45) is 4.92. The number of phenolic OH excluding ortho intramolecular Hbond substituents is 1. The van der Waals surface area contributed by atoms with Gasteiger partial charge in [-0.2, -0.15) is 14.9 Å². The molecule has 0 spiro atoms. The van der Waals surface area contributed by atoms with Crippen molar-refractivity contribution in [2.24, 2.45) is 5.10 Å². The first-order chi connectivity index (χ1) is 11.1. The summed E-state index contributed by atoms with van der Waals surface area (Å²) in [5.74, 6) is 0.767. The monoisotopic (exact) mass is 549 g/mol. The van der Waals surface area contributed by atoms with Crippen LogP contribution < -0.4 is 0 Å². The first kappa shape index (κ1) is 16.5. The largest absolute Gasteiger partial charge is 0.506 e. The number of phenols is 1. The maximum atomic E-state index is 10.1. The Morgan fingerprint density at radius 3 is 2.74 bits per heavy atom. The van der Waals surface area contributed by atoms with Gasteiger partial charge in [-0.1, -0.05) is 0 Å². The SMILES string of the molecule is Oc1c(I)cc(I)cc1/C=N\n1c(-c2ccncc2)n[nH]c1=S. The van der Waals surface area contributed by atoms with E-state index in [0.717, 1.165) is 12.7 Å². The predicted octanol–water partition coefficient (Wildman–Crippen LogP) is 3.80. The first-order valence-electron chi connectivity index (χ1n) is 6.36. The Labute approximate surface area is 163 Å². The van der Waals surface area contributed by atoms with Crippen molar-refractivity contribution in [3.63, 3.8) is 0 Å². The first-order valence-corrected chi connectivity index (χ1v) is 8.93. The molecule has 0 fully saturated rings. The van der Waals surface area contributed by atoms with Crippen molar-refractivity contribution in [1.82, 2.24) is 19.9 Å².